The third-order valence-electron chi connectivity index (χ3n) is 6.00. The number of nitrogens with zero attached hydrogens (tertiary/aromatic N) is 4. The molecule has 3 heterocycles. The van der Waals surface area contributed by atoms with Gasteiger partial charge < -0.3 is 4.90 Å². The van der Waals surface area contributed by atoms with Crippen molar-refractivity contribution in [3.05, 3.63) is 60.0 Å². The van der Waals surface area contributed by atoms with Crippen LogP contribution in [0.4, 0.5) is 4.39 Å². The summed E-state index contributed by atoms with van der Waals surface area (Å²) < 4.78 is 15.1. The first-order valence-corrected chi connectivity index (χ1v) is 9.96. The lowest BCUT2D eigenvalue weighted by molar-refractivity contribution is 0.0780. The van der Waals surface area contributed by atoms with Crippen LogP contribution in [0.1, 0.15) is 29.6 Å². The lowest BCUT2D eigenvalue weighted by Gasteiger charge is -2.23. The quantitative estimate of drug-likeness (QED) is 0.652. The van der Waals surface area contributed by atoms with Crippen molar-refractivity contribution in [2.75, 3.05) is 26.2 Å². The molecule has 3 aromatic rings. The van der Waals surface area contributed by atoms with Gasteiger partial charge in [0, 0.05) is 30.1 Å². The molecule has 2 aliphatic rings. The van der Waals surface area contributed by atoms with Gasteiger partial charge in [0.15, 0.2) is 0 Å². The van der Waals surface area contributed by atoms with E-state index < -0.39 is 0 Å². The second kappa shape index (κ2) is 8.13. The summed E-state index contributed by atoms with van der Waals surface area (Å²) in [6.07, 6.45) is 5.28. The second-order valence-corrected chi connectivity index (χ2v) is 7.74. The largest absolute Gasteiger partial charge is 0.337 e. The topological polar surface area (TPSA) is 41.4 Å². The number of likely N-dealkylation sites (tertiary alicyclic amines) is 2. The second-order valence-electron chi connectivity index (χ2n) is 7.74. The molecular weight excluding hydrogens is 391 g/mol. The Morgan fingerprint density at radius 3 is 2.55 bits per heavy atom. The molecule has 5 nitrogen and oxygen atoms in total. The highest BCUT2D eigenvalue weighted by molar-refractivity contribution is 5.94. The molecule has 0 N–H and O–H groups in total. The van der Waals surface area contributed by atoms with Crippen molar-refractivity contribution in [2.45, 2.75) is 25.3 Å². The lowest BCUT2D eigenvalue weighted by atomic mass is 10.1. The summed E-state index contributed by atoms with van der Waals surface area (Å²) in [5, 5.41) is 5.12. The number of amides is 1. The van der Waals surface area contributed by atoms with Gasteiger partial charge in [-0.2, -0.15) is 5.10 Å². The van der Waals surface area contributed by atoms with Gasteiger partial charge in [0.25, 0.3) is 5.91 Å². The average Bonchev–Trinajstić information content (AvgIpc) is 3.46. The number of carbonyl (C=O) groups excluding carboxylic acids is 1. The van der Waals surface area contributed by atoms with Crippen LogP contribution in [0.2, 0.25) is 0 Å². The molecule has 0 unspecified atom stereocenters. The van der Waals surface area contributed by atoms with Gasteiger partial charge >= 0.3 is 0 Å². The molecule has 0 radical (unpaired) electrons. The molecular formula is C22H24ClFN4O. The summed E-state index contributed by atoms with van der Waals surface area (Å²) >= 11 is 0. The van der Waals surface area contributed by atoms with Gasteiger partial charge in [0.2, 0.25) is 0 Å². The van der Waals surface area contributed by atoms with Crippen LogP contribution < -0.4 is 0 Å². The fourth-order valence-corrected chi connectivity index (χ4v) is 4.47. The van der Waals surface area contributed by atoms with Crippen molar-refractivity contribution >= 4 is 29.2 Å². The van der Waals surface area contributed by atoms with E-state index in [1.165, 1.54) is 38.1 Å². The zero-order valence-corrected chi connectivity index (χ0v) is 16.9. The molecule has 2 aliphatic heterocycles. The number of rotatable bonds is 3. The Morgan fingerprint density at radius 1 is 1.03 bits per heavy atom. The minimum absolute atomic E-state index is 0. The van der Waals surface area contributed by atoms with Gasteiger partial charge in [-0.05, 0) is 74.8 Å². The molecule has 1 aromatic heterocycles. The molecule has 2 saturated heterocycles. The Labute approximate surface area is 175 Å². The fourth-order valence-electron chi connectivity index (χ4n) is 4.47. The number of fused-ring (bicyclic) bond motifs is 1. The van der Waals surface area contributed by atoms with Gasteiger partial charge in [-0.15, -0.1) is 12.4 Å². The molecule has 0 aliphatic carbocycles. The van der Waals surface area contributed by atoms with E-state index >= 15 is 0 Å². The highest BCUT2D eigenvalue weighted by Crippen LogP contribution is 2.23. The first-order chi connectivity index (χ1) is 13.7. The van der Waals surface area contributed by atoms with E-state index in [9.17, 15) is 9.18 Å². The summed E-state index contributed by atoms with van der Waals surface area (Å²) in [7, 11) is 0. The summed E-state index contributed by atoms with van der Waals surface area (Å²) in [5.41, 5.74) is 2.40. The smallest absolute Gasteiger partial charge is 0.253 e. The monoisotopic (exact) mass is 414 g/mol. The number of aromatic nitrogens is 2. The number of benzene rings is 2. The zero-order valence-electron chi connectivity index (χ0n) is 16.1. The van der Waals surface area contributed by atoms with E-state index in [4.69, 9.17) is 0 Å². The van der Waals surface area contributed by atoms with Crippen molar-refractivity contribution in [1.82, 2.24) is 19.6 Å². The third kappa shape index (κ3) is 3.74. The standard InChI is InChI=1S/C22H23FN4O.ClH/c23-18-5-8-21-17(13-18)14-24-27(21)19-6-3-16(4-7-19)22(28)26-12-9-20(15-26)25-10-1-2-11-25;/h3-8,13-14,20H,1-2,9-12,15H2;1H/t20-;/m0./s1. The SMILES string of the molecule is Cl.O=C(c1ccc(-n2ncc3cc(F)ccc32)cc1)N1CC[C@H](N2CCCC2)C1. The zero-order chi connectivity index (χ0) is 19.1. The van der Waals surface area contributed by atoms with Crippen LogP contribution in [0.25, 0.3) is 16.6 Å². The molecule has 1 atom stereocenters. The number of carbonyl (C=O) groups is 1. The van der Waals surface area contributed by atoms with E-state index in [0.29, 0.717) is 11.6 Å². The summed E-state index contributed by atoms with van der Waals surface area (Å²) in [4.78, 5) is 17.4. The Morgan fingerprint density at radius 2 is 1.79 bits per heavy atom. The van der Waals surface area contributed by atoms with Crippen molar-refractivity contribution in [1.29, 1.82) is 0 Å². The fraction of sp³-hybridized carbons (Fsp3) is 0.364. The highest BCUT2D eigenvalue weighted by Gasteiger charge is 2.31. The van der Waals surface area contributed by atoms with Crippen LogP contribution in [0, 0.1) is 5.82 Å². The highest BCUT2D eigenvalue weighted by atomic mass is 35.5. The molecule has 29 heavy (non-hydrogen) atoms. The minimum Gasteiger partial charge on any atom is -0.337 e. The molecule has 2 fully saturated rings. The van der Waals surface area contributed by atoms with Crippen LogP contribution in [-0.2, 0) is 0 Å². The van der Waals surface area contributed by atoms with E-state index in [0.717, 1.165) is 36.1 Å². The number of halogens is 2. The average molecular weight is 415 g/mol. The number of hydrogen-bond acceptors (Lipinski definition) is 3. The maximum atomic E-state index is 13.4. The van der Waals surface area contributed by atoms with Gasteiger partial charge in [0.1, 0.15) is 5.82 Å². The summed E-state index contributed by atoms with van der Waals surface area (Å²) in [5.74, 6) is -0.175. The Balaban J connectivity index is 0.00000205. The van der Waals surface area contributed by atoms with Crippen LogP contribution in [0.15, 0.2) is 48.7 Å². The molecule has 2 aromatic carbocycles. The molecule has 1 amide bonds. The van der Waals surface area contributed by atoms with Gasteiger partial charge in [0.05, 0.1) is 17.4 Å². The predicted octanol–water partition coefficient (Wildman–Crippen LogP) is 3.90. The summed E-state index contributed by atoms with van der Waals surface area (Å²) in [6, 6.07) is 12.7. The van der Waals surface area contributed by atoms with Crippen LogP contribution >= 0.6 is 12.4 Å². The first-order valence-electron chi connectivity index (χ1n) is 9.96. The molecule has 5 rings (SSSR count). The molecule has 0 saturated carbocycles. The van der Waals surface area contributed by atoms with Crippen molar-refractivity contribution in [2.24, 2.45) is 0 Å². The van der Waals surface area contributed by atoms with Crippen LogP contribution in [0.3, 0.4) is 0 Å². The van der Waals surface area contributed by atoms with Crippen molar-refractivity contribution < 1.29 is 9.18 Å². The van der Waals surface area contributed by atoms with E-state index in [1.807, 2.05) is 29.2 Å². The van der Waals surface area contributed by atoms with Gasteiger partial charge in [-0.1, -0.05) is 0 Å². The lowest BCUT2D eigenvalue weighted by Crippen LogP contribution is -2.37. The molecule has 0 bridgehead atoms. The molecule has 0 spiro atoms. The molecule has 7 heteroatoms. The normalized spacial score (nSPS) is 19.6. The van der Waals surface area contributed by atoms with Crippen LogP contribution in [-0.4, -0.2) is 57.7 Å². The summed E-state index contributed by atoms with van der Waals surface area (Å²) in [6.45, 7) is 4.00. The van der Waals surface area contributed by atoms with E-state index in [1.54, 1.807) is 16.9 Å². The van der Waals surface area contributed by atoms with Crippen molar-refractivity contribution in [3.63, 3.8) is 0 Å². The van der Waals surface area contributed by atoms with E-state index in [-0.39, 0.29) is 24.1 Å². The Kier molecular flexibility index (Phi) is 5.56. The Bertz CT molecular complexity index is 1010. The van der Waals surface area contributed by atoms with Crippen molar-refractivity contribution in [3.8, 4) is 5.69 Å². The Hall–Kier alpha value is -2.44. The predicted molar refractivity (Wildman–Crippen MR) is 113 cm³/mol. The van der Waals surface area contributed by atoms with Gasteiger partial charge in [-0.3, -0.25) is 9.69 Å². The van der Waals surface area contributed by atoms with Gasteiger partial charge in [-0.25, -0.2) is 9.07 Å². The van der Waals surface area contributed by atoms with E-state index in [2.05, 4.69) is 10.00 Å². The number of hydrogen-bond donors (Lipinski definition) is 0. The molecule has 152 valence electrons. The van der Waals surface area contributed by atoms with Crippen LogP contribution in [0.5, 0.6) is 0 Å². The minimum atomic E-state index is -0.272. The maximum absolute atomic E-state index is 13.4. The maximum Gasteiger partial charge on any atom is 0.253 e. The third-order valence-corrected chi connectivity index (χ3v) is 6.00. The first kappa shape index (κ1) is 19.9.